The van der Waals surface area contributed by atoms with E-state index in [0.717, 1.165) is 24.0 Å². The van der Waals surface area contributed by atoms with Gasteiger partial charge in [-0.25, -0.2) is 4.98 Å². The molecule has 0 spiro atoms. The number of carbonyl (C=O) groups is 1. The number of fused-ring (bicyclic) bond motifs is 1. The van der Waals surface area contributed by atoms with Gasteiger partial charge in [0.1, 0.15) is 11.3 Å². The monoisotopic (exact) mass is 280 g/mol. The minimum atomic E-state index is -0.133. The summed E-state index contributed by atoms with van der Waals surface area (Å²) in [5.41, 5.74) is 1.43. The average molecular weight is 280 g/mol. The van der Waals surface area contributed by atoms with Crippen LogP contribution in [0.5, 0.6) is 0 Å². The van der Waals surface area contributed by atoms with Crippen LogP contribution in [0.4, 0.5) is 0 Å². The molecule has 0 saturated heterocycles. The summed E-state index contributed by atoms with van der Waals surface area (Å²) in [6.45, 7) is 1.44. The van der Waals surface area contributed by atoms with Crippen LogP contribution in [0.1, 0.15) is 16.9 Å². The highest BCUT2D eigenvalue weighted by atomic mass is 16.1. The van der Waals surface area contributed by atoms with E-state index in [1.54, 1.807) is 30.6 Å². The Bertz CT molecular complexity index is 736. The average Bonchev–Trinajstić information content (AvgIpc) is 2.95. The van der Waals surface area contributed by atoms with Gasteiger partial charge < -0.3 is 9.88 Å². The third-order valence-corrected chi connectivity index (χ3v) is 3.28. The van der Waals surface area contributed by atoms with E-state index in [2.05, 4.69) is 25.9 Å². The molecule has 0 unspecified atom stereocenters. The van der Waals surface area contributed by atoms with Crippen LogP contribution in [0.15, 0.2) is 55.0 Å². The quantitative estimate of drug-likeness (QED) is 0.729. The van der Waals surface area contributed by atoms with Crippen molar-refractivity contribution in [3.63, 3.8) is 0 Å². The maximum atomic E-state index is 11.8. The van der Waals surface area contributed by atoms with E-state index in [9.17, 15) is 4.79 Å². The van der Waals surface area contributed by atoms with Crippen LogP contribution in [-0.2, 0) is 6.54 Å². The highest BCUT2D eigenvalue weighted by molar-refractivity contribution is 5.92. The molecule has 0 radical (unpaired) electrons. The zero-order valence-electron chi connectivity index (χ0n) is 11.6. The summed E-state index contributed by atoms with van der Waals surface area (Å²) in [7, 11) is 0. The number of amides is 1. The molecule has 3 heterocycles. The second kappa shape index (κ2) is 6.17. The zero-order valence-corrected chi connectivity index (χ0v) is 11.6. The van der Waals surface area contributed by atoms with E-state index in [0.29, 0.717) is 12.2 Å². The van der Waals surface area contributed by atoms with E-state index in [-0.39, 0.29) is 5.91 Å². The molecule has 3 aromatic rings. The molecule has 3 aromatic heterocycles. The summed E-state index contributed by atoms with van der Waals surface area (Å²) in [4.78, 5) is 20.2. The van der Waals surface area contributed by atoms with Gasteiger partial charge in [-0.15, -0.1) is 0 Å². The Balaban J connectivity index is 1.52. The Hall–Kier alpha value is -2.69. The molecule has 1 amide bonds. The first kappa shape index (κ1) is 13.3. The van der Waals surface area contributed by atoms with Crippen molar-refractivity contribution < 1.29 is 4.79 Å². The molecule has 0 aromatic carbocycles. The van der Waals surface area contributed by atoms with Gasteiger partial charge in [0.25, 0.3) is 5.91 Å². The van der Waals surface area contributed by atoms with Crippen molar-refractivity contribution in [3.05, 3.63) is 60.7 Å². The summed E-state index contributed by atoms with van der Waals surface area (Å²) < 4.78 is 2.10. The predicted molar refractivity (Wildman–Crippen MR) is 80.9 cm³/mol. The molecule has 0 saturated carbocycles. The molecule has 0 aliphatic heterocycles. The molecule has 0 fully saturated rings. The maximum Gasteiger partial charge on any atom is 0.269 e. The number of rotatable bonds is 5. The predicted octanol–water partition coefficient (Wildman–Crippen LogP) is 2.25. The Labute approximate surface area is 122 Å². The topological polar surface area (TPSA) is 59.8 Å². The lowest BCUT2D eigenvalue weighted by atomic mass is 10.3. The molecule has 0 aliphatic carbocycles. The Morgan fingerprint density at radius 3 is 2.86 bits per heavy atom. The normalized spacial score (nSPS) is 10.7. The summed E-state index contributed by atoms with van der Waals surface area (Å²) in [5, 5.41) is 4.01. The van der Waals surface area contributed by atoms with Gasteiger partial charge in [-0.2, -0.15) is 0 Å². The Morgan fingerprint density at radius 2 is 2.00 bits per heavy atom. The smallest absolute Gasteiger partial charge is 0.269 e. The second-order valence-corrected chi connectivity index (χ2v) is 4.75. The molecule has 5 heteroatoms. The lowest BCUT2D eigenvalue weighted by Gasteiger charge is -2.06. The number of nitrogens with zero attached hydrogens (tertiary/aromatic N) is 3. The van der Waals surface area contributed by atoms with E-state index in [1.807, 2.05) is 18.3 Å². The number of aryl methyl sites for hydroxylation is 1. The number of hydrogen-bond acceptors (Lipinski definition) is 3. The molecule has 21 heavy (non-hydrogen) atoms. The third kappa shape index (κ3) is 3.08. The van der Waals surface area contributed by atoms with Crippen molar-refractivity contribution in [3.8, 4) is 0 Å². The summed E-state index contributed by atoms with van der Waals surface area (Å²) in [6.07, 6.45) is 6.28. The van der Waals surface area contributed by atoms with E-state index in [1.165, 1.54) is 0 Å². The van der Waals surface area contributed by atoms with E-state index < -0.39 is 0 Å². The number of hydrogen-bond donors (Lipinski definition) is 1. The van der Waals surface area contributed by atoms with E-state index >= 15 is 0 Å². The van der Waals surface area contributed by atoms with Crippen LogP contribution in [0.3, 0.4) is 0 Å². The van der Waals surface area contributed by atoms with Crippen molar-refractivity contribution in [2.75, 3.05) is 6.54 Å². The van der Waals surface area contributed by atoms with Crippen molar-refractivity contribution >= 4 is 16.9 Å². The van der Waals surface area contributed by atoms with Crippen LogP contribution < -0.4 is 5.32 Å². The highest BCUT2D eigenvalue weighted by Crippen LogP contribution is 2.12. The second-order valence-electron chi connectivity index (χ2n) is 4.75. The Kier molecular flexibility index (Phi) is 3.91. The van der Waals surface area contributed by atoms with Gasteiger partial charge >= 0.3 is 0 Å². The number of aromatic nitrogens is 3. The summed E-state index contributed by atoms with van der Waals surface area (Å²) in [6, 6.07) is 11.3. The third-order valence-electron chi connectivity index (χ3n) is 3.28. The van der Waals surface area contributed by atoms with Crippen molar-refractivity contribution in [2.24, 2.45) is 0 Å². The molecular weight excluding hydrogens is 264 g/mol. The van der Waals surface area contributed by atoms with Crippen LogP contribution >= 0.6 is 0 Å². The molecule has 106 valence electrons. The van der Waals surface area contributed by atoms with Gasteiger partial charge in [-0.1, -0.05) is 6.07 Å². The van der Waals surface area contributed by atoms with Gasteiger partial charge in [0, 0.05) is 37.1 Å². The fourth-order valence-electron chi connectivity index (χ4n) is 2.24. The first-order chi connectivity index (χ1) is 10.3. The van der Waals surface area contributed by atoms with E-state index in [4.69, 9.17) is 0 Å². The van der Waals surface area contributed by atoms with Gasteiger partial charge in [0.15, 0.2) is 0 Å². The fraction of sp³-hybridized carbons (Fsp3) is 0.188. The van der Waals surface area contributed by atoms with Crippen molar-refractivity contribution in [2.45, 2.75) is 13.0 Å². The van der Waals surface area contributed by atoms with Gasteiger partial charge in [0.05, 0.1) is 0 Å². The van der Waals surface area contributed by atoms with Crippen LogP contribution in [0.25, 0.3) is 11.0 Å². The minimum absolute atomic E-state index is 0.133. The Morgan fingerprint density at radius 1 is 1.10 bits per heavy atom. The van der Waals surface area contributed by atoms with Crippen molar-refractivity contribution in [1.29, 1.82) is 0 Å². The number of nitrogens with one attached hydrogen (secondary N) is 1. The molecule has 0 atom stereocenters. The first-order valence-electron chi connectivity index (χ1n) is 6.94. The molecule has 0 bridgehead atoms. The minimum Gasteiger partial charge on any atom is -0.351 e. The standard InChI is InChI=1S/C16H16N4O/c21-16(14-6-1-2-8-17-14)19-10-4-11-20-12-7-13-5-3-9-18-15(13)20/h1-3,5-9,12H,4,10-11H2,(H,19,21). The lowest BCUT2D eigenvalue weighted by Crippen LogP contribution is -2.25. The molecule has 3 rings (SSSR count). The van der Waals surface area contributed by atoms with Gasteiger partial charge in [-0.05, 0) is 36.8 Å². The first-order valence-corrected chi connectivity index (χ1v) is 6.94. The highest BCUT2D eigenvalue weighted by Gasteiger charge is 2.05. The fourth-order valence-corrected chi connectivity index (χ4v) is 2.24. The van der Waals surface area contributed by atoms with Gasteiger partial charge in [-0.3, -0.25) is 9.78 Å². The van der Waals surface area contributed by atoms with Crippen LogP contribution in [0.2, 0.25) is 0 Å². The summed E-state index contributed by atoms with van der Waals surface area (Å²) in [5.74, 6) is -0.133. The van der Waals surface area contributed by atoms with Crippen LogP contribution in [0, 0.1) is 0 Å². The zero-order chi connectivity index (χ0) is 14.5. The van der Waals surface area contributed by atoms with Crippen molar-refractivity contribution in [1.82, 2.24) is 19.9 Å². The summed E-state index contributed by atoms with van der Waals surface area (Å²) >= 11 is 0. The molecule has 0 aliphatic rings. The SMILES string of the molecule is O=C(NCCCn1ccc2cccnc21)c1ccccn1. The molecule has 1 N–H and O–H groups in total. The lowest BCUT2D eigenvalue weighted by molar-refractivity contribution is 0.0948. The number of carbonyl (C=O) groups excluding carboxylic acids is 1. The largest absolute Gasteiger partial charge is 0.351 e. The van der Waals surface area contributed by atoms with Gasteiger partial charge in [0.2, 0.25) is 0 Å². The number of pyridine rings is 2. The maximum absolute atomic E-state index is 11.8. The molecule has 5 nitrogen and oxygen atoms in total. The van der Waals surface area contributed by atoms with Crippen LogP contribution in [-0.4, -0.2) is 27.0 Å². The molecular formula is C16H16N4O.